The molecular weight excluding hydrogens is 273 g/mol. The minimum absolute atomic E-state index is 0.137. The standard InChI is InChI=1S/C13H11F3N2O2/c1-19-12-4-5-18-7-10(12)9-3-2-8(6-11(9)17)20-13(14,15)16/h2-7H,17H2,1H3. The Morgan fingerprint density at radius 1 is 1.15 bits per heavy atom. The van der Waals surface area contributed by atoms with Crippen LogP contribution in [0.2, 0.25) is 0 Å². The second-order valence-electron chi connectivity index (χ2n) is 3.87. The van der Waals surface area contributed by atoms with Gasteiger partial charge in [0, 0.05) is 35.3 Å². The molecule has 0 unspecified atom stereocenters. The summed E-state index contributed by atoms with van der Waals surface area (Å²) in [5, 5.41) is 0. The quantitative estimate of drug-likeness (QED) is 0.879. The first-order valence-corrected chi connectivity index (χ1v) is 5.54. The molecular formula is C13H11F3N2O2. The second kappa shape index (κ2) is 5.28. The summed E-state index contributed by atoms with van der Waals surface area (Å²) in [5.74, 6) is 0.151. The molecule has 0 aliphatic carbocycles. The van der Waals surface area contributed by atoms with Crippen molar-refractivity contribution in [3.8, 4) is 22.6 Å². The van der Waals surface area contributed by atoms with Crippen LogP contribution in [0.4, 0.5) is 18.9 Å². The molecule has 0 saturated carbocycles. The molecule has 0 atom stereocenters. The minimum atomic E-state index is -4.75. The van der Waals surface area contributed by atoms with Crippen LogP contribution < -0.4 is 15.2 Å². The smallest absolute Gasteiger partial charge is 0.496 e. The van der Waals surface area contributed by atoms with Gasteiger partial charge >= 0.3 is 6.36 Å². The normalized spacial score (nSPS) is 11.2. The summed E-state index contributed by atoms with van der Waals surface area (Å²) < 4.78 is 45.3. The van der Waals surface area contributed by atoms with Gasteiger partial charge in [-0.25, -0.2) is 0 Å². The summed E-state index contributed by atoms with van der Waals surface area (Å²) in [7, 11) is 1.48. The fraction of sp³-hybridized carbons (Fsp3) is 0.154. The zero-order chi connectivity index (χ0) is 14.8. The Hall–Kier alpha value is -2.44. The van der Waals surface area contributed by atoms with Crippen molar-refractivity contribution in [2.75, 3.05) is 12.8 Å². The van der Waals surface area contributed by atoms with Crippen molar-refractivity contribution < 1.29 is 22.6 Å². The SMILES string of the molecule is COc1ccncc1-c1ccc(OC(F)(F)F)cc1N. The predicted octanol–water partition coefficient (Wildman–Crippen LogP) is 3.24. The molecule has 0 saturated heterocycles. The van der Waals surface area contributed by atoms with E-state index in [1.165, 1.54) is 25.4 Å². The Labute approximate surface area is 113 Å². The lowest BCUT2D eigenvalue weighted by Crippen LogP contribution is -2.17. The van der Waals surface area contributed by atoms with E-state index in [0.717, 1.165) is 6.07 Å². The number of alkyl halides is 3. The van der Waals surface area contributed by atoms with E-state index in [4.69, 9.17) is 10.5 Å². The Bertz CT molecular complexity index is 615. The van der Waals surface area contributed by atoms with Gasteiger partial charge in [0.1, 0.15) is 11.5 Å². The largest absolute Gasteiger partial charge is 0.573 e. The van der Waals surface area contributed by atoms with Crippen molar-refractivity contribution in [3.05, 3.63) is 36.7 Å². The minimum Gasteiger partial charge on any atom is -0.496 e. The Balaban J connectivity index is 2.39. The third kappa shape index (κ3) is 3.11. The molecule has 7 heteroatoms. The Morgan fingerprint density at radius 3 is 2.50 bits per heavy atom. The molecule has 4 nitrogen and oxygen atoms in total. The zero-order valence-corrected chi connectivity index (χ0v) is 10.4. The first kappa shape index (κ1) is 14.0. The van der Waals surface area contributed by atoms with Gasteiger partial charge in [-0.2, -0.15) is 0 Å². The predicted molar refractivity (Wildman–Crippen MR) is 67.3 cm³/mol. The van der Waals surface area contributed by atoms with E-state index in [0.29, 0.717) is 16.9 Å². The van der Waals surface area contributed by atoms with Gasteiger partial charge in [-0.1, -0.05) is 0 Å². The van der Waals surface area contributed by atoms with Crippen LogP contribution in [0.15, 0.2) is 36.7 Å². The fourth-order valence-electron chi connectivity index (χ4n) is 1.75. The van der Waals surface area contributed by atoms with Gasteiger partial charge in [0.25, 0.3) is 0 Å². The lowest BCUT2D eigenvalue weighted by atomic mass is 10.0. The number of aromatic nitrogens is 1. The maximum Gasteiger partial charge on any atom is 0.573 e. The number of rotatable bonds is 3. The zero-order valence-electron chi connectivity index (χ0n) is 10.4. The lowest BCUT2D eigenvalue weighted by molar-refractivity contribution is -0.274. The summed E-state index contributed by atoms with van der Waals surface area (Å²) in [6.45, 7) is 0. The van der Waals surface area contributed by atoms with E-state index < -0.39 is 6.36 Å². The molecule has 2 aromatic rings. The molecule has 106 valence electrons. The molecule has 2 N–H and O–H groups in total. The van der Waals surface area contributed by atoms with Crippen molar-refractivity contribution in [3.63, 3.8) is 0 Å². The number of ether oxygens (including phenoxy) is 2. The van der Waals surface area contributed by atoms with E-state index in [1.54, 1.807) is 12.3 Å². The van der Waals surface area contributed by atoms with E-state index in [9.17, 15) is 13.2 Å². The molecule has 20 heavy (non-hydrogen) atoms. The Morgan fingerprint density at radius 2 is 1.90 bits per heavy atom. The van der Waals surface area contributed by atoms with Crippen LogP contribution in [0, 0.1) is 0 Å². The molecule has 0 aliphatic rings. The Kier molecular flexibility index (Phi) is 3.69. The van der Waals surface area contributed by atoms with Crippen LogP contribution >= 0.6 is 0 Å². The molecule has 0 fully saturated rings. The summed E-state index contributed by atoms with van der Waals surface area (Å²) in [5.41, 5.74) is 7.01. The average Bonchev–Trinajstić information content (AvgIpc) is 2.37. The third-order valence-electron chi connectivity index (χ3n) is 2.55. The van der Waals surface area contributed by atoms with E-state index in [1.807, 2.05) is 0 Å². The van der Waals surface area contributed by atoms with Crippen LogP contribution in [0.1, 0.15) is 0 Å². The van der Waals surface area contributed by atoms with Crippen LogP contribution in [-0.4, -0.2) is 18.5 Å². The van der Waals surface area contributed by atoms with E-state index in [2.05, 4.69) is 9.72 Å². The second-order valence-corrected chi connectivity index (χ2v) is 3.87. The highest BCUT2D eigenvalue weighted by Crippen LogP contribution is 2.35. The number of nitrogens with zero attached hydrogens (tertiary/aromatic N) is 1. The molecule has 0 amide bonds. The summed E-state index contributed by atoms with van der Waals surface area (Å²) in [4.78, 5) is 3.95. The number of nitrogens with two attached hydrogens (primary N) is 1. The number of methoxy groups -OCH3 is 1. The summed E-state index contributed by atoms with van der Waals surface area (Å²) >= 11 is 0. The number of benzene rings is 1. The molecule has 0 aliphatic heterocycles. The molecule has 1 heterocycles. The van der Waals surface area contributed by atoms with E-state index >= 15 is 0 Å². The first-order chi connectivity index (χ1) is 9.40. The highest BCUT2D eigenvalue weighted by molar-refractivity contribution is 5.80. The van der Waals surface area contributed by atoms with Crippen molar-refractivity contribution in [2.24, 2.45) is 0 Å². The summed E-state index contributed by atoms with van der Waals surface area (Å²) in [6.07, 6.45) is -1.69. The maximum absolute atomic E-state index is 12.1. The highest BCUT2D eigenvalue weighted by atomic mass is 19.4. The van der Waals surface area contributed by atoms with Gasteiger partial charge in [-0.05, 0) is 18.2 Å². The van der Waals surface area contributed by atoms with Crippen LogP contribution in [0.5, 0.6) is 11.5 Å². The summed E-state index contributed by atoms with van der Waals surface area (Å²) in [6, 6.07) is 5.35. The van der Waals surface area contributed by atoms with Gasteiger partial charge in [-0.15, -0.1) is 13.2 Å². The molecule has 0 spiro atoms. The van der Waals surface area contributed by atoms with Crippen LogP contribution in [0.25, 0.3) is 11.1 Å². The van der Waals surface area contributed by atoms with Crippen molar-refractivity contribution >= 4 is 5.69 Å². The molecule has 1 aromatic carbocycles. The van der Waals surface area contributed by atoms with Gasteiger partial charge in [0.15, 0.2) is 0 Å². The van der Waals surface area contributed by atoms with Gasteiger partial charge in [0.2, 0.25) is 0 Å². The van der Waals surface area contributed by atoms with Crippen molar-refractivity contribution in [1.82, 2.24) is 4.98 Å². The maximum atomic E-state index is 12.1. The number of anilines is 1. The average molecular weight is 284 g/mol. The number of pyridine rings is 1. The van der Waals surface area contributed by atoms with Crippen molar-refractivity contribution in [1.29, 1.82) is 0 Å². The number of halogens is 3. The monoisotopic (exact) mass is 284 g/mol. The van der Waals surface area contributed by atoms with Crippen LogP contribution in [-0.2, 0) is 0 Å². The highest BCUT2D eigenvalue weighted by Gasteiger charge is 2.31. The van der Waals surface area contributed by atoms with E-state index in [-0.39, 0.29) is 11.4 Å². The third-order valence-corrected chi connectivity index (χ3v) is 2.55. The number of hydrogen-bond acceptors (Lipinski definition) is 4. The molecule has 1 aromatic heterocycles. The number of hydrogen-bond donors (Lipinski definition) is 1. The van der Waals surface area contributed by atoms with Crippen molar-refractivity contribution in [2.45, 2.75) is 6.36 Å². The fourth-order valence-corrected chi connectivity index (χ4v) is 1.75. The van der Waals surface area contributed by atoms with Crippen LogP contribution in [0.3, 0.4) is 0 Å². The first-order valence-electron chi connectivity index (χ1n) is 5.54. The molecule has 0 bridgehead atoms. The van der Waals surface area contributed by atoms with Gasteiger partial charge in [0.05, 0.1) is 7.11 Å². The van der Waals surface area contributed by atoms with Gasteiger partial charge < -0.3 is 15.2 Å². The number of nitrogen functional groups attached to an aromatic ring is 1. The lowest BCUT2D eigenvalue weighted by Gasteiger charge is -2.13. The molecule has 2 rings (SSSR count). The molecule has 0 radical (unpaired) electrons. The topological polar surface area (TPSA) is 57.4 Å². The van der Waals surface area contributed by atoms with Gasteiger partial charge in [-0.3, -0.25) is 4.98 Å².